The lowest BCUT2D eigenvalue weighted by atomic mass is 9.81. The van der Waals surface area contributed by atoms with Crippen LogP contribution in [0.15, 0.2) is 42.5 Å². The molecule has 8 heteroatoms. The van der Waals surface area contributed by atoms with Gasteiger partial charge in [-0.1, -0.05) is 37.5 Å². The van der Waals surface area contributed by atoms with Crippen LogP contribution >= 0.6 is 0 Å². The first-order valence-corrected chi connectivity index (χ1v) is 16.5. The zero-order valence-corrected chi connectivity index (χ0v) is 26.3. The average molecular weight is 599 g/mol. The number of amides is 2. The lowest BCUT2D eigenvalue weighted by Gasteiger charge is -2.35. The van der Waals surface area contributed by atoms with E-state index in [-0.39, 0.29) is 23.9 Å². The van der Waals surface area contributed by atoms with Crippen LogP contribution in [-0.4, -0.2) is 88.5 Å². The summed E-state index contributed by atoms with van der Waals surface area (Å²) in [5.74, 6) is -0.560. The maximum absolute atomic E-state index is 14.0. The lowest BCUT2D eigenvalue weighted by Crippen LogP contribution is -2.45. The number of hydrogen-bond acceptors (Lipinski definition) is 4. The molecule has 3 aromatic rings. The van der Waals surface area contributed by atoms with E-state index in [0.717, 1.165) is 93.0 Å². The Balaban J connectivity index is 1.47. The van der Waals surface area contributed by atoms with Crippen molar-refractivity contribution in [2.24, 2.45) is 0 Å². The smallest absolute Gasteiger partial charge is 0.335 e. The van der Waals surface area contributed by atoms with E-state index in [0.29, 0.717) is 30.6 Å². The molecule has 0 bridgehead atoms. The van der Waals surface area contributed by atoms with E-state index in [9.17, 15) is 19.5 Å². The first-order chi connectivity index (χ1) is 21.3. The van der Waals surface area contributed by atoms with Crippen molar-refractivity contribution >= 4 is 28.7 Å². The Labute approximate surface area is 260 Å². The van der Waals surface area contributed by atoms with Crippen LogP contribution in [0.3, 0.4) is 0 Å². The Morgan fingerprint density at radius 1 is 0.795 bits per heavy atom. The monoisotopic (exact) mass is 598 g/mol. The van der Waals surface area contributed by atoms with Gasteiger partial charge in [-0.15, -0.1) is 0 Å². The zero-order valence-electron chi connectivity index (χ0n) is 26.3. The second-order valence-corrected chi connectivity index (χ2v) is 13.2. The van der Waals surface area contributed by atoms with Crippen LogP contribution in [0.2, 0.25) is 0 Å². The molecule has 3 aliphatic rings. The van der Waals surface area contributed by atoms with E-state index in [2.05, 4.69) is 29.6 Å². The van der Waals surface area contributed by atoms with E-state index in [1.165, 1.54) is 12.0 Å². The summed E-state index contributed by atoms with van der Waals surface area (Å²) in [6.07, 6.45) is 10.7. The second kappa shape index (κ2) is 13.1. The van der Waals surface area contributed by atoms with Crippen molar-refractivity contribution in [3.63, 3.8) is 0 Å². The maximum Gasteiger partial charge on any atom is 0.335 e. The van der Waals surface area contributed by atoms with Gasteiger partial charge in [0.15, 0.2) is 0 Å². The highest BCUT2D eigenvalue weighted by Crippen LogP contribution is 2.44. The molecular weight excluding hydrogens is 552 g/mol. The summed E-state index contributed by atoms with van der Waals surface area (Å²) in [6.45, 7) is 3.14. The third-order valence-corrected chi connectivity index (χ3v) is 10.2. The number of carbonyl (C=O) groups excluding carboxylic acids is 2. The molecule has 2 aliphatic heterocycles. The quantitative estimate of drug-likeness (QED) is 0.348. The van der Waals surface area contributed by atoms with Crippen LogP contribution in [0.5, 0.6) is 0 Å². The minimum absolute atomic E-state index is 0.0526. The minimum atomic E-state index is -0.980. The molecule has 2 aromatic carbocycles. The number of rotatable bonds is 7. The van der Waals surface area contributed by atoms with Gasteiger partial charge in [-0.05, 0) is 100 Å². The summed E-state index contributed by atoms with van der Waals surface area (Å²) in [6, 6.07) is 13.7. The highest BCUT2D eigenvalue weighted by Gasteiger charge is 2.30. The van der Waals surface area contributed by atoms with Crippen molar-refractivity contribution in [1.82, 2.24) is 19.3 Å². The third-order valence-electron chi connectivity index (χ3n) is 10.2. The fourth-order valence-corrected chi connectivity index (χ4v) is 7.74. The molecule has 2 saturated heterocycles. The molecule has 234 valence electrons. The van der Waals surface area contributed by atoms with Crippen LogP contribution in [0.4, 0.5) is 0 Å². The Kier molecular flexibility index (Phi) is 9.08. The highest BCUT2D eigenvalue weighted by atomic mass is 16.4. The largest absolute Gasteiger partial charge is 0.478 e. The second-order valence-electron chi connectivity index (χ2n) is 13.2. The number of carbonyl (C=O) groups is 3. The SMILES string of the molecule is CN(C)C1CCN(C(=O)Cn2c(-c3cccc(C(=O)N4CCCCC4)c3)c(C3CCCCC3)c3ccc(C(=O)O)cc32)CC1. The standard InChI is InChI=1S/C36H46N4O4/c1-37(2)29-16-20-38(21-17-29)32(41)24-40-31-23-28(36(43)44)14-15-30(31)33(25-10-5-3-6-11-25)34(40)26-12-9-13-27(22-26)35(42)39-18-7-4-8-19-39/h9,12-15,22-23,25,29H,3-8,10-11,16-21,24H2,1-2H3,(H,43,44). The number of hydrogen-bond donors (Lipinski definition) is 1. The first-order valence-electron chi connectivity index (χ1n) is 16.5. The summed E-state index contributed by atoms with van der Waals surface area (Å²) < 4.78 is 2.07. The van der Waals surface area contributed by atoms with Crippen LogP contribution in [0.25, 0.3) is 22.2 Å². The highest BCUT2D eigenvalue weighted by molar-refractivity contribution is 6.00. The number of nitrogens with zero attached hydrogens (tertiary/aromatic N) is 4. The fourth-order valence-electron chi connectivity index (χ4n) is 7.74. The van der Waals surface area contributed by atoms with Crippen molar-refractivity contribution in [3.05, 3.63) is 59.2 Å². The Morgan fingerprint density at radius 3 is 2.18 bits per heavy atom. The van der Waals surface area contributed by atoms with Gasteiger partial charge >= 0.3 is 5.97 Å². The van der Waals surface area contributed by atoms with Gasteiger partial charge in [-0.25, -0.2) is 4.79 Å². The van der Waals surface area contributed by atoms with Gasteiger partial charge in [0.1, 0.15) is 6.54 Å². The summed E-state index contributed by atoms with van der Waals surface area (Å²) in [5.41, 5.74) is 4.73. The van der Waals surface area contributed by atoms with Gasteiger partial charge in [0.05, 0.1) is 16.8 Å². The van der Waals surface area contributed by atoms with Crippen molar-refractivity contribution in [2.75, 3.05) is 40.3 Å². The van der Waals surface area contributed by atoms with Crippen molar-refractivity contribution < 1.29 is 19.5 Å². The summed E-state index contributed by atoms with van der Waals surface area (Å²) in [5, 5.41) is 10.9. The van der Waals surface area contributed by atoms with Gasteiger partial charge in [0.25, 0.3) is 5.91 Å². The predicted octanol–water partition coefficient (Wildman–Crippen LogP) is 6.23. The number of piperidine rings is 2. The molecule has 3 heterocycles. The van der Waals surface area contributed by atoms with Crippen molar-refractivity contribution in [2.45, 2.75) is 82.7 Å². The molecule has 0 unspecified atom stereocenters. The van der Waals surface area contributed by atoms with E-state index >= 15 is 0 Å². The van der Waals surface area contributed by atoms with E-state index in [1.807, 2.05) is 34.1 Å². The van der Waals surface area contributed by atoms with Gasteiger partial charge in [-0.2, -0.15) is 0 Å². The number of aromatic nitrogens is 1. The number of fused-ring (bicyclic) bond motifs is 1. The molecule has 1 aromatic heterocycles. The minimum Gasteiger partial charge on any atom is -0.478 e. The van der Waals surface area contributed by atoms with E-state index in [4.69, 9.17) is 0 Å². The number of carboxylic acid groups (broad SMARTS) is 1. The Bertz CT molecular complexity index is 1520. The molecule has 0 radical (unpaired) electrons. The normalized spacial score (nSPS) is 18.7. The van der Waals surface area contributed by atoms with Crippen molar-refractivity contribution in [3.8, 4) is 11.3 Å². The number of aromatic carboxylic acids is 1. The summed E-state index contributed by atoms with van der Waals surface area (Å²) in [4.78, 5) is 45.8. The van der Waals surface area contributed by atoms with E-state index < -0.39 is 5.97 Å². The van der Waals surface area contributed by atoms with Gasteiger partial charge in [0, 0.05) is 43.2 Å². The summed E-state index contributed by atoms with van der Waals surface area (Å²) >= 11 is 0. The zero-order chi connectivity index (χ0) is 30.8. The number of benzene rings is 2. The molecule has 3 fully saturated rings. The molecule has 0 spiro atoms. The molecule has 1 N–H and O–H groups in total. The fraction of sp³-hybridized carbons (Fsp3) is 0.528. The van der Waals surface area contributed by atoms with Gasteiger partial charge in [0.2, 0.25) is 5.91 Å². The Hall–Kier alpha value is -3.65. The molecule has 1 aliphatic carbocycles. The Morgan fingerprint density at radius 2 is 1.50 bits per heavy atom. The lowest BCUT2D eigenvalue weighted by molar-refractivity contribution is -0.133. The average Bonchev–Trinajstić information content (AvgIpc) is 3.38. The molecule has 1 saturated carbocycles. The molecule has 0 atom stereocenters. The van der Waals surface area contributed by atoms with Crippen LogP contribution in [-0.2, 0) is 11.3 Å². The first kappa shape index (κ1) is 30.4. The van der Waals surface area contributed by atoms with Gasteiger partial charge in [-0.3, -0.25) is 9.59 Å². The predicted molar refractivity (Wildman–Crippen MR) is 173 cm³/mol. The van der Waals surface area contributed by atoms with Crippen molar-refractivity contribution in [1.29, 1.82) is 0 Å². The van der Waals surface area contributed by atoms with E-state index in [1.54, 1.807) is 12.1 Å². The van der Waals surface area contributed by atoms with Crippen LogP contribution in [0, 0.1) is 0 Å². The topological polar surface area (TPSA) is 86.1 Å². The molecular formula is C36H46N4O4. The molecule has 44 heavy (non-hydrogen) atoms. The third kappa shape index (κ3) is 6.14. The van der Waals surface area contributed by atoms with Gasteiger partial charge < -0.3 is 24.4 Å². The molecule has 6 rings (SSSR count). The molecule has 2 amide bonds. The number of likely N-dealkylation sites (tertiary alicyclic amines) is 2. The van der Waals surface area contributed by atoms with Crippen LogP contribution in [0.1, 0.15) is 96.4 Å². The molecule has 8 nitrogen and oxygen atoms in total. The maximum atomic E-state index is 14.0. The number of carboxylic acids is 1. The summed E-state index contributed by atoms with van der Waals surface area (Å²) in [7, 11) is 4.19. The van der Waals surface area contributed by atoms with Crippen LogP contribution < -0.4 is 0 Å².